The van der Waals surface area contributed by atoms with Crippen molar-refractivity contribution in [2.75, 3.05) is 33.2 Å². The van der Waals surface area contributed by atoms with Crippen molar-refractivity contribution in [3.05, 3.63) is 0 Å². The summed E-state index contributed by atoms with van der Waals surface area (Å²) in [5.41, 5.74) is 0. The van der Waals surface area contributed by atoms with E-state index in [0.29, 0.717) is 18.6 Å². The highest BCUT2D eigenvalue weighted by molar-refractivity contribution is 5.85. The molecule has 25 heavy (non-hydrogen) atoms. The van der Waals surface area contributed by atoms with Crippen molar-refractivity contribution in [2.45, 2.75) is 63.5 Å². The van der Waals surface area contributed by atoms with Crippen LogP contribution in [0.2, 0.25) is 0 Å². The lowest BCUT2D eigenvalue weighted by Crippen LogP contribution is -2.52. The minimum absolute atomic E-state index is 0. The summed E-state index contributed by atoms with van der Waals surface area (Å²) in [6.07, 6.45) is 8.65. The van der Waals surface area contributed by atoms with Gasteiger partial charge < -0.3 is 20.4 Å². The van der Waals surface area contributed by atoms with Crippen LogP contribution in [0.4, 0.5) is 4.79 Å². The Kier molecular flexibility index (Phi) is 7.81. The Bertz CT molecular complexity index is 456. The summed E-state index contributed by atoms with van der Waals surface area (Å²) < 4.78 is 0. The number of carbonyl (C=O) groups excluding carboxylic acids is 2. The average molecular weight is 373 g/mol. The Labute approximate surface area is 157 Å². The van der Waals surface area contributed by atoms with E-state index in [0.717, 1.165) is 58.2 Å². The van der Waals surface area contributed by atoms with Crippen LogP contribution in [-0.2, 0) is 4.79 Å². The molecule has 0 spiro atoms. The number of carbonyl (C=O) groups is 2. The van der Waals surface area contributed by atoms with E-state index in [4.69, 9.17) is 0 Å². The molecular weight excluding hydrogens is 340 g/mol. The SMILES string of the molecule is CNCC1CCCN1C(=O)C1CCCN(C(=O)NC2CCCC2)C1.Cl. The van der Waals surface area contributed by atoms with E-state index in [1.165, 1.54) is 12.8 Å². The molecule has 1 aliphatic carbocycles. The molecule has 2 unspecified atom stereocenters. The van der Waals surface area contributed by atoms with Crippen molar-refractivity contribution in [2.24, 2.45) is 5.92 Å². The zero-order valence-electron chi connectivity index (χ0n) is 15.3. The fraction of sp³-hybridized carbons (Fsp3) is 0.889. The lowest BCUT2D eigenvalue weighted by atomic mass is 9.96. The molecule has 0 aromatic rings. The number of hydrogen-bond acceptors (Lipinski definition) is 3. The van der Waals surface area contributed by atoms with E-state index in [1.807, 2.05) is 11.9 Å². The number of amides is 3. The second kappa shape index (κ2) is 9.62. The molecule has 0 radical (unpaired) electrons. The molecule has 1 saturated carbocycles. The first-order valence-electron chi connectivity index (χ1n) is 9.69. The molecule has 3 amide bonds. The summed E-state index contributed by atoms with van der Waals surface area (Å²) in [6.45, 7) is 3.10. The maximum absolute atomic E-state index is 12.9. The van der Waals surface area contributed by atoms with Gasteiger partial charge in [-0.3, -0.25) is 4.79 Å². The topological polar surface area (TPSA) is 64.7 Å². The number of piperidine rings is 1. The zero-order valence-corrected chi connectivity index (χ0v) is 16.2. The van der Waals surface area contributed by atoms with E-state index in [2.05, 4.69) is 15.5 Å². The molecule has 2 atom stereocenters. The number of halogens is 1. The molecule has 0 aromatic heterocycles. The first kappa shape index (κ1) is 20.3. The number of likely N-dealkylation sites (N-methyl/N-ethyl adjacent to an activating group) is 1. The number of nitrogens with one attached hydrogen (secondary N) is 2. The number of urea groups is 1. The Morgan fingerprint density at radius 2 is 1.72 bits per heavy atom. The van der Waals surface area contributed by atoms with Gasteiger partial charge in [0.1, 0.15) is 0 Å². The first-order valence-corrected chi connectivity index (χ1v) is 9.69. The molecule has 2 N–H and O–H groups in total. The predicted molar refractivity (Wildman–Crippen MR) is 101 cm³/mol. The van der Waals surface area contributed by atoms with Crippen LogP contribution in [0, 0.1) is 5.92 Å². The second-order valence-corrected chi connectivity index (χ2v) is 7.60. The third kappa shape index (κ3) is 5.00. The summed E-state index contributed by atoms with van der Waals surface area (Å²) in [5, 5.41) is 6.36. The molecule has 0 bridgehead atoms. The highest BCUT2D eigenvalue weighted by Gasteiger charge is 2.36. The Morgan fingerprint density at radius 3 is 2.44 bits per heavy atom. The second-order valence-electron chi connectivity index (χ2n) is 7.60. The van der Waals surface area contributed by atoms with Crippen molar-refractivity contribution in [3.63, 3.8) is 0 Å². The lowest BCUT2D eigenvalue weighted by Gasteiger charge is -2.36. The van der Waals surface area contributed by atoms with Gasteiger partial charge in [-0.2, -0.15) is 0 Å². The summed E-state index contributed by atoms with van der Waals surface area (Å²) in [6, 6.07) is 0.699. The van der Waals surface area contributed by atoms with E-state index >= 15 is 0 Å². The van der Waals surface area contributed by atoms with Gasteiger partial charge in [0.25, 0.3) is 0 Å². The molecular formula is C18H33ClN4O2. The quantitative estimate of drug-likeness (QED) is 0.793. The summed E-state index contributed by atoms with van der Waals surface area (Å²) in [5.74, 6) is 0.233. The smallest absolute Gasteiger partial charge is 0.317 e. The Hall–Kier alpha value is -1.01. The van der Waals surface area contributed by atoms with Gasteiger partial charge in [0.15, 0.2) is 0 Å². The van der Waals surface area contributed by atoms with Crippen LogP contribution in [0.25, 0.3) is 0 Å². The van der Waals surface area contributed by atoms with E-state index < -0.39 is 0 Å². The van der Waals surface area contributed by atoms with E-state index in [-0.39, 0.29) is 30.3 Å². The van der Waals surface area contributed by atoms with Crippen molar-refractivity contribution < 1.29 is 9.59 Å². The van der Waals surface area contributed by atoms with Crippen molar-refractivity contribution in [3.8, 4) is 0 Å². The highest BCUT2D eigenvalue weighted by Crippen LogP contribution is 2.25. The van der Waals surface area contributed by atoms with Crippen LogP contribution in [0.1, 0.15) is 51.4 Å². The summed E-state index contributed by atoms with van der Waals surface area (Å²) >= 11 is 0. The Morgan fingerprint density at radius 1 is 1.00 bits per heavy atom. The molecule has 3 fully saturated rings. The van der Waals surface area contributed by atoms with Crippen LogP contribution >= 0.6 is 12.4 Å². The zero-order chi connectivity index (χ0) is 16.9. The number of nitrogens with zero attached hydrogens (tertiary/aromatic N) is 2. The average Bonchev–Trinajstić information content (AvgIpc) is 3.26. The first-order chi connectivity index (χ1) is 11.7. The van der Waals surface area contributed by atoms with Gasteiger partial charge in [0.2, 0.25) is 5.91 Å². The highest BCUT2D eigenvalue weighted by atomic mass is 35.5. The number of hydrogen-bond donors (Lipinski definition) is 2. The number of likely N-dealkylation sites (tertiary alicyclic amines) is 2. The maximum atomic E-state index is 12.9. The van der Waals surface area contributed by atoms with E-state index in [9.17, 15) is 9.59 Å². The Balaban J connectivity index is 0.00000225. The van der Waals surface area contributed by atoms with Gasteiger partial charge >= 0.3 is 6.03 Å². The third-order valence-corrected chi connectivity index (χ3v) is 5.84. The fourth-order valence-corrected chi connectivity index (χ4v) is 4.51. The number of rotatable bonds is 4. The molecule has 2 saturated heterocycles. The molecule has 7 heteroatoms. The van der Waals surface area contributed by atoms with Crippen LogP contribution in [0.3, 0.4) is 0 Å². The van der Waals surface area contributed by atoms with Gasteiger partial charge in [-0.05, 0) is 45.6 Å². The molecule has 6 nitrogen and oxygen atoms in total. The van der Waals surface area contributed by atoms with Crippen molar-refractivity contribution >= 4 is 24.3 Å². The molecule has 3 aliphatic rings. The molecule has 2 aliphatic heterocycles. The van der Waals surface area contributed by atoms with Crippen LogP contribution in [-0.4, -0.2) is 67.0 Å². The van der Waals surface area contributed by atoms with Crippen molar-refractivity contribution in [1.29, 1.82) is 0 Å². The minimum atomic E-state index is -0.0227. The molecule has 144 valence electrons. The lowest BCUT2D eigenvalue weighted by molar-refractivity contribution is -0.137. The largest absolute Gasteiger partial charge is 0.338 e. The molecule has 0 aromatic carbocycles. The van der Waals surface area contributed by atoms with Crippen LogP contribution in [0.5, 0.6) is 0 Å². The summed E-state index contributed by atoms with van der Waals surface area (Å²) in [4.78, 5) is 29.4. The maximum Gasteiger partial charge on any atom is 0.317 e. The van der Waals surface area contributed by atoms with Crippen molar-refractivity contribution in [1.82, 2.24) is 20.4 Å². The van der Waals surface area contributed by atoms with Gasteiger partial charge in [0.05, 0.1) is 5.92 Å². The molecule has 2 heterocycles. The predicted octanol–water partition coefficient (Wildman–Crippen LogP) is 1.98. The van der Waals surface area contributed by atoms with Gasteiger partial charge in [0, 0.05) is 38.3 Å². The van der Waals surface area contributed by atoms with Gasteiger partial charge in [-0.1, -0.05) is 12.8 Å². The molecule has 3 rings (SSSR count). The third-order valence-electron chi connectivity index (χ3n) is 5.84. The summed E-state index contributed by atoms with van der Waals surface area (Å²) in [7, 11) is 1.94. The van der Waals surface area contributed by atoms with E-state index in [1.54, 1.807) is 0 Å². The van der Waals surface area contributed by atoms with Crippen LogP contribution in [0.15, 0.2) is 0 Å². The standard InChI is InChI=1S/C18H32N4O2.ClH/c1-19-12-16-9-5-11-22(16)17(23)14-6-4-10-21(13-14)18(24)20-15-7-2-3-8-15;/h14-16,19H,2-13H2,1H3,(H,20,24);1H. The van der Waals surface area contributed by atoms with Gasteiger partial charge in [-0.25, -0.2) is 4.79 Å². The fourth-order valence-electron chi connectivity index (χ4n) is 4.51. The van der Waals surface area contributed by atoms with Crippen LogP contribution < -0.4 is 10.6 Å². The normalized spacial score (nSPS) is 27.2. The van der Waals surface area contributed by atoms with Gasteiger partial charge in [-0.15, -0.1) is 12.4 Å². The minimum Gasteiger partial charge on any atom is -0.338 e. The monoisotopic (exact) mass is 372 g/mol.